The van der Waals surface area contributed by atoms with Gasteiger partial charge in [-0.1, -0.05) is 12.1 Å². The van der Waals surface area contributed by atoms with Gasteiger partial charge in [0.15, 0.2) is 11.5 Å². The summed E-state index contributed by atoms with van der Waals surface area (Å²) in [6, 6.07) is 5.82. The van der Waals surface area contributed by atoms with E-state index in [0.717, 1.165) is 23.6 Å². The third-order valence-electron chi connectivity index (χ3n) is 3.20. The van der Waals surface area contributed by atoms with Crippen LogP contribution in [0.3, 0.4) is 0 Å². The van der Waals surface area contributed by atoms with Gasteiger partial charge in [0.05, 0.1) is 0 Å². The zero-order valence-corrected chi connectivity index (χ0v) is 10.1. The van der Waals surface area contributed by atoms with Gasteiger partial charge in [0, 0.05) is 31.1 Å². The Balaban J connectivity index is 1.93. The van der Waals surface area contributed by atoms with Crippen molar-refractivity contribution >= 4 is 5.91 Å². The predicted molar refractivity (Wildman–Crippen MR) is 65.8 cm³/mol. The molecule has 1 fully saturated rings. The van der Waals surface area contributed by atoms with Crippen LogP contribution < -0.4 is 20.1 Å². The smallest absolute Gasteiger partial charge is 0.221 e. The third-order valence-corrected chi connectivity index (χ3v) is 3.20. The summed E-state index contributed by atoms with van der Waals surface area (Å²) in [6.07, 6.45) is 0.430. The molecule has 2 heterocycles. The Kier molecular flexibility index (Phi) is 3.06. The molecule has 3 rings (SSSR count). The van der Waals surface area contributed by atoms with Gasteiger partial charge in [-0.25, -0.2) is 0 Å². The van der Waals surface area contributed by atoms with Crippen molar-refractivity contribution in [2.75, 3.05) is 26.3 Å². The summed E-state index contributed by atoms with van der Waals surface area (Å²) in [4.78, 5) is 11.6. The zero-order valence-electron chi connectivity index (χ0n) is 10.1. The Hall–Kier alpha value is -1.75. The van der Waals surface area contributed by atoms with Crippen LogP contribution >= 0.6 is 0 Å². The SMILES string of the molecule is O=C1CC(c2cccc3c2OCCO3)NCCN1. The summed E-state index contributed by atoms with van der Waals surface area (Å²) in [5.74, 6) is 1.61. The Morgan fingerprint density at radius 3 is 3.00 bits per heavy atom. The second kappa shape index (κ2) is 4.86. The summed E-state index contributed by atoms with van der Waals surface area (Å²) < 4.78 is 11.2. The normalized spacial score (nSPS) is 23.1. The standard InChI is InChI=1S/C13H16N2O3/c16-12-8-10(14-4-5-15-12)9-2-1-3-11-13(9)18-7-6-17-11/h1-3,10,14H,4-8H2,(H,15,16). The molecule has 2 aliphatic heterocycles. The number of hydrogen-bond donors (Lipinski definition) is 2. The lowest BCUT2D eigenvalue weighted by molar-refractivity contribution is -0.121. The summed E-state index contributed by atoms with van der Waals surface area (Å²) >= 11 is 0. The molecule has 1 atom stereocenters. The van der Waals surface area contributed by atoms with Crippen molar-refractivity contribution in [3.05, 3.63) is 23.8 Å². The molecular weight excluding hydrogens is 232 g/mol. The predicted octanol–water partition coefficient (Wildman–Crippen LogP) is 0.608. The Morgan fingerprint density at radius 1 is 1.17 bits per heavy atom. The molecule has 0 saturated carbocycles. The fourth-order valence-electron chi connectivity index (χ4n) is 2.37. The average molecular weight is 248 g/mol. The highest BCUT2D eigenvalue weighted by Crippen LogP contribution is 2.37. The lowest BCUT2D eigenvalue weighted by Gasteiger charge is -2.24. The Bertz CT molecular complexity index is 462. The number of ether oxygens (including phenoxy) is 2. The molecule has 5 nitrogen and oxygen atoms in total. The summed E-state index contributed by atoms with van der Waals surface area (Å²) in [7, 11) is 0. The maximum absolute atomic E-state index is 11.6. The van der Waals surface area contributed by atoms with Gasteiger partial charge in [-0.05, 0) is 6.07 Å². The lowest BCUT2D eigenvalue weighted by Crippen LogP contribution is -2.25. The molecule has 1 aromatic rings. The quantitative estimate of drug-likeness (QED) is 0.764. The molecule has 1 unspecified atom stereocenters. The molecule has 18 heavy (non-hydrogen) atoms. The molecule has 1 amide bonds. The van der Waals surface area contributed by atoms with Gasteiger partial charge in [0.2, 0.25) is 5.91 Å². The van der Waals surface area contributed by atoms with Crippen molar-refractivity contribution in [1.29, 1.82) is 0 Å². The van der Waals surface area contributed by atoms with E-state index in [0.29, 0.717) is 26.2 Å². The molecule has 0 radical (unpaired) electrons. The molecular formula is C13H16N2O3. The molecule has 1 aromatic carbocycles. The zero-order chi connectivity index (χ0) is 12.4. The van der Waals surface area contributed by atoms with Gasteiger partial charge in [0.1, 0.15) is 13.2 Å². The van der Waals surface area contributed by atoms with Crippen LogP contribution in [0.4, 0.5) is 0 Å². The number of hydrogen-bond acceptors (Lipinski definition) is 4. The number of rotatable bonds is 1. The topological polar surface area (TPSA) is 59.6 Å². The first-order valence-electron chi connectivity index (χ1n) is 6.23. The number of fused-ring (bicyclic) bond motifs is 1. The highest BCUT2D eigenvalue weighted by atomic mass is 16.6. The summed E-state index contributed by atoms with van der Waals surface area (Å²) in [5.41, 5.74) is 1.00. The van der Waals surface area contributed by atoms with E-state index in [1.807, 2.05) is 18.2 Å². The van der Waals surface area contributed by atoms with Gasteiger partial charge < -0.3 is 20.1 Å². The molecule has 0 aliphatic carbocycles. The van der Waals surface area contributed by atoms with E-state index in [-0.39, 0.29) is 11.9 Å². The van der Waals surface area contributed by atoms with Crippen molar-refractivity contribution < 1.29 is 14.3 Å². The number of amides is 1. The van der Waals surface area contributed by atoms with Crippen LogP contribution in [-0.4, -0.2) is 32.2 Å². The molecule has 2 N–H and O–H groups in total. The summed E-state index contributed by atoms with van der Waals surface area (Å²) in [6.45, 7) is 2.57. The Labute approximate surface area is 105 Å². The molecule has 5 heteroatoms. The molecule has 96 valence electrons. The van der Waals surface area contributed by atoms with Crippen LogP contribution in [0.1, 0.15) is 18.0 Å². The fraction of sp³-hybridized carbons (Fsp3) is 0.462. The van der Waals surface area contributed by atoms with E-state index in [4.69, 9.17) is 9.47 Å². The number of carbonyl (C=O) groups is 1. The minimum absolute atomic E-state index is 0.0100. The van der Waals surface area contributed by atoms with Crippen LogP contribution in [0, 0.1) is 0 Å². The van der Waals surface area contributed by atoms with Crippen LogP contribution in [0.15, 0.2) is 18.2 Å². The molecule has 1 saturated heterocycles. The van der Waals surface area contributed by atoms with Crippen molar-refractivity contribution in [3.8, 4) is 11.5 Å². The monoisotopic (exact) mass is 248 g/mol. The number of benzene rings is 1. The second-order valence-corrected chi connectivity index (χ2v) is 4.43. The third kappa shape index (κ3) is 2.13. The van der Waals surface area contributed by atoms with Gasteiger partial charge in [-0.2, -0.15) is 0 Å². The average Bonchev–Trinajstić information content (AvgIpc) is 2.63. The first-order valence-corrected chi connectivity index (χ1v) is 6.23. The van der Waals surface area contributed by atoms with Gasteiger partial charge in [-0.3, -0.25) is 4.79 Å². The van der Waals surface area contributed by atoms with E-state index >= 15 is 0 Å². The molecule has 0 bridgehead atoms. The lowest BCUT2D eigenvalue weighted by atomic mass is 10.0. The van der Waals surface area contributed by atoms with Crippen LogP contribution in [0.25, 0.3) is 0 Å². The van der Waals surface area contributed by atoms with Gasteiger partial charge in [-0.15, -0.1) is 0 Å². The van der Waals surface area contributed by atoms with Crippen molar-refractivity contribution in [2.24, 2.45) is 0 Å². The number of para-hydroxylation sites is 1. The van der Waals surface area contributed by atoms with Crippen LogP contribution in [-0.2, 0) is 4.79 Å². The highest BCUT2D eigenvalue weighted by Gasteiger charge is 2.25. The number of nitrogens with one attached hydrogen (secondary N) is 2. The first kappa shape index (κ1) is 11.3. The van der Waals surface area contributed by atoms with Crippen LogP contribution in [0.5, 0.6) is 11.5 Å². The van der Waals surface area contributed by atoms with Crippen molar-refractivity contribution in [1.82, 2.24) is 10.6 Å². The van der Waals surface area contributed by atoms with E-state index in [1.54, 1.807) is 0 Å². The van der Waals surface area contributed by atoms with E-state index in [1.165, 1.54) is 0 Å². The minimum atomic E-state index is -0.0100. The summed E-state index contributed by atoms with van der Waals surface area (Å²) in [5, 5.41) is 6.21. The number of carbonyl (C=O) groups excluding carboxylic acids is 1. The van der Waals surface area contributed by atoms with E-state index < -0.39 is 0 Å². The Morgan fingerprint density at radius 2 is 2.06 bits per heavy atom. The minimum Gasteiger partial charge on any atom is -0.486 e. The largest absolute Gasteiger partial charge is 0.486 e. The van der Waals surface area contributed by atoms with Gasteiger partial charge in [0.25, 0.3) is 0 Å². The van der Waals surface area contributed by atoms with E-state index in [2.05, 4.69) is 10.6 Å². The first-order chi connectivity index (χ1) is 8.84. The van der Waals surface area contributed by atoms with E-state index in [9.17, 15) is 4.79 Å². The molecule has 0 spiro atoms. The van der Waals surface area contributed by atoms with Crippen molar-refractivity contribution in [3.63, 3.8) is 0 Å². The maximum atomic E-state index is 11.6. The molecule has 2 aliphatic rings. The highest BCUT2D eigenvalue weighted by molar-refractivity contribution is 5.77. The van der Waals surface area contributed by atoms with Crippen molar-refractivity contribution in [2.45, 2.75) is 12.5 Å². The van der Waals surface area contributed by atoms with Crippen LogP contribution in [0.2, 0.25) is 0 Å². The second-order valence-electron chi connectivity index (χ2n) is 4.43. The molecule has 0 aromatic heterocycles. The van der Waals surface area contributed by atoms with Gasteiger partial charge >= 0.3 is 0 Å². The fourth-order valence-corrected chi connectivity index (χ4v) is 2.37. The maximum Gasteiger partial charge on any atom is 0.221 e.